The van der Waals surface area contributed by atoms with Gasteiger partial charge in [-0.05, 0) is 24.1 Å². The number of halogens is 1. The van der Waals surface area contributed by atoms with E-state index >= 15 is 0 Å². The Labute approximate surface area is 112 Å². The molecule has 0 aromatic heterocycles. The van der Waals surface area contributed by atoms with Crippen LogP contribution in [-0.4, -0.2) is 34.6 Å². The van der Waals surface area contributed by atoms with Gasteiger partial charge in [-0.2, -0.15) is 0 Å². The van der Waals surface area contributed by atoms with Gasteiger partial charge in [0.05, 0.1) is 18.7 Å². The van der Waals surface area contributed by atoms with Crippen LogP contribution in [0.25, 0.3) is 6.08 Å². The highest BCUT2D eigenvalue weighted by Gasteiger charge is 2.41. The third-order valence-electron chi connectivity index (χ3n) is 3.25. The lowest BCUT2D eigenvalue weighted by atomic mass is 9.91. The Kier molecular flexibility index (Phi) is 3.73. The first-order valence-electron chi connectivity index (χ1n) is 5.98. The summed E-state index contributed by atoms with van der Waals surface area (Å²) in [5.74, 6) is -0.0898. The molecule has 96 valence electrons. The molecule has 1 amide bonds. The number of rotatable bonds is 3. The topological polar surface area (TPSA) is 40.5 Å². The quantitative estimate of drug-likeness (QED) is 0.853. The third kappa shape index (κ3) is 2.74. The Bertz CT molecular complexity index is 478. The van der Waals surface area contributed by atoms with Crippen LogP contribution in [-0.2, 0) is 4.79 Å². The van der Waals surface area contributed by atoms with Crippen LogP contribution in [0.15, 0.2) is 30.3 Å². The summed E-state index contributed by atoms with van der Waals surface area (Å²) in [6, 6.07) is 7.35. The van der Waals surface area contributed by atoms with Crippen molar-refractivity contribution in [1.82, 2.24) is 4.90 Å². The van der Waals surface area contributed by atoms with Gasteiger partial charge in [-0.1, -0.05) is 36.7 Å². The molecule has 1 aliphatic rings. The molecule has 1 N–H and O–H groups in total. The van der Waals surface area contributed by atoms with E-state index in [1.165, 1.54) is 6.08 Å². The highest BCUT2D eigenvalue weighted by atomic mass is 35.5. The number of benzene rings is 1. The van der Waals surface area contributed by atoms with Gasteiger partial charge in [0.1, 0.15) is 0 Å². The van der Waals surface area contributed by atoms with E-state index in [0.29, 0.717) is 24.5 Å². The summed E-state index contributed by atoms with van der Waals surface area (Å²) in [6.45, 7) is 2.74. The highest BCUT2D eigenvalue weighted by Crippen LogP contribution is 2.24. The number of nitrogens with zero attached hydrogens (tertiary/aromatic N) is 1. The molecule has 1 aromatic rings. The summed E-state index contributed by atoms with van der Waals surface area (Å²) in [7, 11) is 0. The van der Waals surface area contributed by atoms with Crippen LogP contribution in [0.4, 0.5) is 0 Å². The van der Waals surface area contributed by atoms with E-state index in [9.17, 15) is 9.90 Å². The minimum atomic E-state index is -0.687. The number of hydrogen-bond acceptors (Lipinski definition) is 2. The predicted molar refractivity (Wildman–Crippen MR) is 72.3 cm³/mol. The average molecular weight is 266 g/mol. The Morgan fingerprint density at radius 2 is 2.17 bits per heavy atom. The summed E-state index contributed by atoms with van der Waals surface area (Å²) >= 11 is 5.99. The fourth-order valence-corrected chi connectivity index (χ4v) is 2.12. The van der Waals surface area contributed by atoms with E-state index in [-0.39, 0.29) is 5.91 Å². The average Bonchev–Trinajstić information content (AvgIpc) is 2.33. The highest BCUT2D eigenvalue weighted by molar-refractivity contribution is 6.32. The van der Waals surface area contributed by atoms with Gasteiger partial charge in [-0.15, -0.1) is 0 Å². The lowest BCUT2D eigenvalue weighted by molar-refractivity contribution is -0.150. The van der Waals surface area contributed by atoms with Crippen LogP contribution in [0, 0.1) is 0 Å². The number of likely N-dealkylation sites (tertiary alicyclic amines) is 1. The molecule has 3 nitrogen and oxygen atoms in total. The Morgan fingerprint density at radius 1 is 1.50 bits per heavy atom. The van der Waals surface area contributed by atoms with Gasteiger partial charge in [0, 0.05) is 11.1 Å². The van der Waals surface area contributed by atoms with Crippen LogP contribution in [0.3, 0.4) is 0 Å². The SMILES string of the molecule is CCC1(O)CN(C(=O)C=Cc2ccccc2Cl)C1. The molecular weight excluding hydrogens is 250 g/mol. The fraction of sp³-hybridized carbons (Fsp3) is 0.357. The van der Waals surface area contributed by atoms with Crippen molar-refractivity contribution in [3.05, 3.63) is 40.9 Å². The van der Waals surface area contributed by atoms with E-state index in [1.54, 1.807) is 17.0 Å². The van der Waals surface area contributed by atoms with Crippen LogP contribution in [0.2, 0.25) is 5.02 Å². The molecule has 1 aromatic carbocycles. The molecule has 4 heteroatoms. The number of hydrogen-bond donors (Lipinski definition) is 1. The zero-order valence-electron chi connectivity index (χ0n) is 10.3. The van der Waals surface area contributed by atoms with Crippen molar-refractivity contribution in [2.24, 2.45) is 0 Å². The lowest BCUT2D eigenvalue weighted by Gasteiger charge is -2.45. The molecule has 0 atom stereocenters. The van der Waals surface area contributed by atoms with Gasteiger partial charge >= 0.3 is 0 Å². The van der Waals surface area contributed by atoms with E-state index in [1.807, 2.05) is 25.1 Å². The first kappa shape index (κ1) is 13.1. The molecular formula is C14H16ClNO2. The molecule has 0 bridgehead atoms. The largest absolute Gasteiger partial charge is 0.386 e. The standard InChI is InChI=1S/C14H16ClNO2/c1-2-14(18)9-16(10-14)13(17)8-7-11-5-3-4-6-12(11)15/h3-8,18H,2,9-10H2,1H3. The van der Waals surface area contributed by atoms with Crippen molar-refractivity contribution in [3.63, 3.8) is 0 Å². The minimum Gasteiger partial charge on any atom is -0.386 e. The number of carbonyl (C=O) groups excluding carboxylic acids is 1. The molecule has 0 saturated carbocycles. The van der Waals surface area contributed by atoms with Crippen LogP contribution >= 0.6 is 11.6 Å². The molecule has 18 heavy (non-hydrogen) atoms. The van der Waals surface area contributed by atoms with Gasteiger partial charge in [-0.3, -0.25) is 4.79 Å². The van der Waals surface area contributed by atoms with Gasteiger partial charge in [0.2, 0.25) is 5.91 Å². The zero-order chi connectivity index (χ0) is 13.2. The first-order chi connectivity index (χ1) is 8.54. The summed E-state index contributed by atoms with van der Waals surface area (Å²) in [5, 5.41) is 10.4. The van der Waals surface area contributed by atoms with Gasteiger partial charge < -0.3 is 10.0 Å². The smallest absolute Gasteiger partial charge is 0.246 e. The summed E-state index contributed by atoms with van der Waals surface area (Å²) in [6.07, 6.45) is 3.87. The van der Waals surface area contributed by atoms with Crippen molar-refractivity contribution in [2.45, 2.75) is 18.9 Å². The molecule has 0 spiro atoms. The van der Waals surface area contributed by atoms with Crippen molar-refractivity contribution in [3.8, 4) is 0 Å². The van der Waals surface area contributed by atoms with Crippen molar-refractivity contribution in [1.29, 1.82) is 0 Å². The van der Waals surface area contributed by atoms with Crippen LogP contribution < -0.4 is 0 Å². The maximum Gasteiger partial charge on any atom is 0.246 e. The Balaban J connectivity index is 1.95. The normalized spacial score (nSPS) is 17.8. The van der Waals surface area contributed by atoms with Gasteiger partial charge in [-0.25, -0.2) is 0 Å². The van der Waals surface area contributed by atoms with E-state index in [4.69, 9.17) is 11.6 Å². The molecule has 1 heterocycles. The number of carbonyl (C=O) groups is 1. The first-order valence-corrected chi connectivity index (χ1v) is 6.36. The molecule has 1 saturated heterocycles. The lowest BCUT2D eigenvalue weighted by Crippen LogP contribution is -2.62. The molecule has 0 aliphatic carbocycles. The Hall–Kier alpha value is -1.32. The van der Waals surface area contributed by atoms with Crippen LogP contribution in [0.5, 0.6) is 0 Å². The van der Waals surface area contributed by atoms with Gasteiger partial charge in [0.25, 0.3) is 0 Å². The van der Waals surface area contributed by atoms with Crippen molar-refractivity contribution < 1.29 is 9.90 Å². The molecule has 0 radical (unpaired) electrons. The van der Waals surface area contributed by atoms with E-state index < -0.39 is 5.60 Å². The zero-order valence-corrected chi connectivity index (χ0v) is 11.0. The molecule has 1 aliphatic heterocycles. The molecule has 2 rings (SSSR count). The second-order valence-electron chi connectivity index (χ2n) is 4.63. The van der Waals surface area contributed by atoms with E-state index in [0.717, 1.165) is 5.56 Å². The summed E-state index contributed by atoms with van der Waals surface area (Å²) < 4.78 is 0. The van der Waals surface area contributed by atoms with Crippen LogP contribution in [0.1, 0.15) is 18.9 Å². The number of β-amino-alcohol motifs (C(OH)–C–C–N with tert-alkyl or cyclic N) is 1. The van der Waals surface area contributed by atoms with E-state index in [2.05, 4.69) is 0 Å². The summed E-state index contributed by atoms with van der Waals surface area (Å²) in [4.78, 5) is 13.4. The second kappa shape index (κ2) is 5.12. The maximum atomic E-state index is 11.8. The minimum absolute atomic E-state index is 0.0898. The predicted octanol–water partition coefficient (Wildman–Crippen LogP) is 2.34. The third-order valence-corrected chi connectivity index (χ3v) is 3.60. The molecule has 1 fully saturated rings. The second-order valence-corrected chi connectivity index (χ2v) is 5.03. The summed E-state index contributed by atoms with van der Waals surface area (Å²) in [5.41, 5.74) is 0.132. The van der Waals surface area contributed by atoms with Crippen molar-refractivity contribution >= 4 is 23.6 Å². The maximum absolute atomic E-state index is 11.8. The monoisotopic (exact) mass is 265 g/mol. The molecule has 0 unspecified atom stereocenters. The fourth-order valence-electron chi connectivity index (χ4n) is 1.92. The number of amides is 1. The van der Waals surface area contributed by atoms with Gasteiger partial charge in [0.15, 0.2) is 0 Å². The Morgan fingerprint density at radius 3 is 2.78 bits per heavy atom. The number of aliphatic hydroxyl groups is 1. The van der Waals surface area contributed by atoms with Crippen molar-refractivity contribution in [2.75, 3.05) is 13.1 Å².